The van der Waals surface area contributed by atoms with Crippen molar-refractivity contribution in [3.63, 3.8) is 0 Å². The Kier molecular flexibility index (Phi) is 15.3. The van der Waals surface area contributed by atoms with Crippen molar-refractivity contribution in [3.8, 4) is 0 Å². The molecule has 294 valence electrons. The van der Waals surface area contributed by atoms with E-state index >= 15 is 0 Å². The molecule has 2 fully saturated rings. The minimum Gasteiger partial charge on any atom is -0.463 e. The highest BCUT2D eigenvalue weighted by atomic mass is 127. The lowest BCUT2D eigenvalue weighted by Crippen LogP contribution is -2.42. The standard InChI is InChI=1S/C30H32I2N4O16S2/c1-11(37)45-9-19-21(47-13(3)39)23(49-15(5)41)27(51-19)35-7-17(31)25(33-29(35)43)53-54-26-18(32)8-36(30(44)34-26)28-24(50-16(6)42)22(48-14(4)40)20(52-28)10-46-12(2)38/h7-8,19-24,27-28H,9-10H2,1-6H3/t19-,20-,21-,22-,23-,24-,27-,28-/m1/s1. The molecule has 0 aliphatic carbocycles. The van der Waals surface area contributed by atoms with Crippen molar-refractivity contribution >= 4 is 103 Å². The summed E-state index contributed by atoms with van der Waals surface area (Å²) in [6.07, 6.45) is -7.14. The van der Waals surface area contributed by atoms with Gasteiger partial charge in [-0.25, -0.2) is 9.59 Å². The molecular formula is C30H32I2N4O16S2. The second-order valence-corrected chi connectivity index (χ2v) is 15.8. The first-order valence-corrected chi connectivity index (χ1v) is 19.8. The van der Waals surface area contributed by atoms with Crippen molar-refractivity contribution in [2.45, 2.75) is 101 Å². The molecule has 0 aromatic carbocycles. The van der Waals surface area contributed by atoms with E-state index in [9.17, 15) is 38.4 Å². The van der Waals surface area contributed by atoms with Crippen LogP contribution < -0.4 is 11.4 Å². The van der Waals surface area contributed by atoms with E-state index in [1.165, 1.54) is 26.2 Å². The smallest absolute Gasteiger partial charge is 0.350 e. The monoisotopic (exact) mass is 1020 g/mol. The Hall–Kier alpha value is -3.34. The largest absolute Gasteiger partial charge is 0.463 e. The highest BCUT2D eigenvalue weighted by Crippen LogP contribution is 2.40. The predicted octanol–water partition coefficient (Wildman–Crippen LogP) is 1.46. The van der Waals surface area contributed by atoms with Gasteiger partial charge in [-0.3, -0.25) is 37.9 Å². The molecule has 0 bridgehead atoms. The van der Waals surface area contributed by atoms with E-state index in [4.69, 9.17) is 37.9 Å². The molecule has 2 aliphatic rings. The summed E-state index contributed by atoms with van der Waals surface area (Å²) in [5.74, 6) is -4.26. The van der Waals surface area contributed by atoms with Gasteiger partial charge in [0.1, 0.15) is 35.5 Å². The lowest BCUT2D eigenvalue weighted by Gasteiger charge is -2.24. The first-order valence-electron chi connectivity index (χ1n) is 15.5. The van der Waals surface area contributed by atoms with Gasteiger partial charge in [0, 0.05) is 53.9 Å². The van der Waals surface area contributed by atoms with Gasteiger partial charge >= 0.3 is 47.2 Å². The van der Waals surface area contributed by atoms with Crippen molar-refractivity contribution in [1.29, 1.82) is 0 Å². The topological polar surface area (TPSA) is 246 Å². The zero-order valence-electron chi connectivity index (χ0n) is 29.1. The van der Waals surface area contributed by atoms with Gasteiger partial charge in [-0.1, -0.05) is 0 Å². The molecule has 0 unspecified atom stereocenters. The first kappa shape index (κ1) is 43.4. The van der Waals surface area contributed by atoms with Gasteiger partial charge in [0.25, 0.3) is 0 Å². The predicted molar refractivity (Wildman–Crippen MR) is 197 cm³/mol. The zero-order valence-corrected chi connectivity index (χ0v) is 35.0. The minimum absolute atomic E-state index is 0.213. The molecule has 2 aromatic rings. The maximum Gasteiger partial charge on any atom is 0.350 e. The van der Waals surface area contributed by atoms with Crippen LogP contribution >= 0.6 is 66.8 Å². The Morgan fingerprint density at radius 1 is 0.593 bits per heavy atom. The SMILES string of the molecule is CC(=O)OC[C@H]1O[C@@H](n2cc(I)c(SSc3nc(=O)n([C@@H]4O[C@H](COC(C)=O)[C@@H](OC(C)=O)[C@H]4OC(C)=O)cc3I)nc2=O)[C@H](OC(C)=O)[C@@H]1OC(C)=O. The van der Waals surface area contributed by atoms with Gasteiger partial charge in [0.2, 0.25) is 0 Å². The van der Waals surface area contributed by atoms with Crippen LogP contribution in [-0.4, -0.2) is 105 Å². The normalized spacial score (nSPS) is 24.7. The quantitative estimate of drug-likeness (QED) is 0.0906. The van der Waals surface area contributed by atoms with Crippen molar-refractivity contribution in [2.24, 2.45) is 0 Å². The van der Waals surface area contributed by atoms with Crippen LogP contribution in [0.15, 0.2) is 32.0 Å². The molecule has 0 N–H and O–H groups in total. The third-order valence-electron chi connectivity index (χ3n) is 7.18. The molecule has 0 saturated carbocycles. The molecule has 0 radical (unpaired) electrons. The molecule has 2 aliphatic heterocycles. The molecule has 0 amide bonds. The molecule has 2 aromatic heterocycles. The Morgan fingerprint density at radius 2 is 0.907 bits per heavy atom. The Bertz CT molecular complexity index is 1790. The number of hydrogen-bond acceptors (Lipinski definition) is 20. The molecule has 4 rings (SSSR count). The molecular weight excluding hydrogens is 990 g/mol. The van der Waals surface area contributed by atoms with Gasteiger partial charge in [-0.15, -0.1) is 0 Å². The van der Waals surface area contributed by atoms with Crippen LogP contribution in [0.2, 0.25) is 0 Å². The highest BCUT2D eigenvalue weighted by molar-refractivity contribution is 14.1. The summed E-state index contributed by atoms with van der Waals surface area (Å²) < 4.78 is 46.4. The Morgan fingerprint density at radius 3 is 1.20 bits per heavy atom. The van der Waals surface area contributed by atoms with Crippen molar-refractivity contribution < 1.29 is 66.7 Å². The number of rotatable bonds is 13. The third kappa shape index (κ3) is 11.1. The van der Waals surface area contributed by atoms with Gasteiger partial charge in [0.15, 0.2) is 36.9 Å². The maximum absolute atomic E-state index is 13.4. The second kappa shape index (κ2) is 19.0. The van der Waals surface area contributed by atoms with Crippen LogP contribution in [0, 0.1) is 7.14 Å². The molecule has 2 saturated heterocycles. The molecule has 8 atom stereocenters. The zero-order chi connectivity index (χ0) is 40.0. The van der Waals surface area contributed by atoms with Crippen LogP contribution in [0.3, 0.4) is 0 Å². The van der Waals surface area contributed by atoms with Gasteiger partial charge in [-0.2, -0.15) is 9.97 Å². The van der Waals surface area contributed by atoms with E-state index in [1.807, 2.05) is 45.2 Å². The van der Waals surface area contributed by atoms with Gasteiger partial charge < -0.3 is 37.9 Å². The second-order valence-electron chi connectivity index (χ2n) is 11.4. The van der Waals surface area contributed by atoms with Crippen LogP contribution in [-0.2, 0) is 66.7 Å². The van der Waals surface area contributed by atoms with E-state index in [1.54, 1.807) is 0 Å². The molecule has 54 heavy (non-hydrogen) atoms. The Labute approximate surface area is 340 Å². The van der Waals surface area contributed by atoms with Crippen molar-refractivity contribution in [1.82, 2.24) is 19.1 Å². The lowest BCUT2D eigenvalue weighted by atomic mass is 10.1. The minimum atomic E-state index is -1.32. The molecule has 0 spiro atoms. The summed E-state index contributed by atoms with van der Waals surface area (Å²) >= 11 is 3.83. The van der Waals surface area contributed by atoms with Crippen LogP contribution in [0.25, 0.3) is 0 Å². The number of aromatic nitrogens is 4. The van der Waals surface area contributed by atoms with E-state index in [0.29, 0.717) is 7.14 Å². The summed E-state index contributed by atoms with van der Waals surface area (Å²) in [7, 11) is 1.99. The van der Waals surface area contributed by atoms with E-state index in [0.717, 1.165) is 58.4 Å². The molecule has 4 heterocycles. The van der Waals surface area contributed by atoms with E-state index < -0.39 is 96.3 Å². The number of ether oxygens (including phenoxy) is 8. The van der Waals surface area contributed by atoms with Gasteiger partial charge in [-0.05, 0) is 66.8 Å². The highest BCUT2D eigenvalue weighted by Gasteiger charge is 2.52. The third-order valence-corrected chi connectivity index (χ3v) is 11.7. The van der Waals surface area contributed by atoms with Crippen LogP contribution in [0.4, 0.5) is 0 Å². The molecule has 24 heteroatoms. The van der Waals surface area contributed by atoms with E-state index in [-0.39, 0.29) is 23.3 Å². The fourth-order valence-electron chi connectivity index (χ4n) is 5.26. The van der Waals surface area contributed by atoms with Crippen molar-refractivity contribution in [2.75, 3.05) is 13.2 Å². The molecule has 20 nitrogen and oxygen atoms in total. The number of carbonyl (C=O) groups excluding carboxylic acids is 6. The number of carbonyl (C=O) groups is 6. The number of esters is 6. The average molecular weight is 1020 g/mol. The summed E-state index contributed by atoms with van der Waals surface area (Å²) in [6, 6.07) is 0. The summed E-state index contributed by atoms with van der Waals surface area (Å²) in [6.45, 7) is 6.11. The number of halogens is 2. The Balaban J connectivity index is 1.59. The summed E-state index contributed by atoms with van der Waals surface area (Å²) in [5.41, 5.74) is -1.68. The van der Waals surface area contributed by atoms with E-state index in [2.05, 4.69) is 9.97 Å². The van der Waals surface area contributed by atoms with Crippen molar-refractivity contribution in [3.05, 3.63) is 40.5 Å². The fraction of sp³-hybridized carbons (Fsp3) is 0.533. The number of nitrogens with zero attached hydrogens (tertiary/aromatic N) is 4. The van der Waals surface area contributed by atoms with Crippen LogP contribution in [0.1, 0.15) is 54.0 Å². The fourth-order valence-corrected chi connectivity index (χ4v) is 9.54. The average Bonchev–Trinajstić information content (AvgIpc) is 3.55. The number of hydrogen-bond donors (Lipinski definition) is 0. The van der Waals surface area contributed by atoms with Gasteiger partial charge in [0.05, 0.1) is 7.14 Å². The first-order chi connectivity index (χ1) is 25.4. The summed E-state index contributed by atoms with van der Waals surface area (Å²) in [4.78, 5) is 106. The summed E-state index contributed by atoms with van der Waals surface area (Å²) in [5, 5.41) is 0.426. The maximum atomic E-state index is 13.4. The van der Waals surface area contributed by atoms with Crippen LogP contribution in [0.5, 0.6) is 0 Å². The lowest BCUT2D eigenvalue weighted by molar-refractivity contribution is -0.166.